The van der Waals surface area contributed by atoms with E-state index in [1.807, 2.05) is 36.4 Å². The van der Waals surface area contributed by atoms with E-state index in [-0.39, 0.29) is 22.5 Å². The summed E-state index contributed by atoms with van der Waals surface area (Å²) in [5.41, 5.74) is 2.94. The van der Waals surface area contributed by atoms with E-state index in [9.17, 15) is 9.59 Å². The molecule has 0 saturated carbocycles. The van der Waals surface area contributed by atoms with Crippen molar-refractivity contribution in [3.05, 3.63) is 94.1 Å². The highest BCUT2D eigenvalue weighted by atomic mass is 16.3. The number of hydrogen-bond acceptors (Lipinski definition) is 6. The average molecular weight is 437 g/mol. The van der Waals surface area contributed by atoms with Crippen molar-refractivity contribution in [3.8, 4) is 22.7 Å². The van der Waals surface area contributed by atoms with Crippen molar-refractivity contribution in [1.29, 1.82) is 0 Å². The molecule has 2 heterocycles. The Hall–Kier alpha value is -4.59. The zero-order chi connectivity index (χ0) is 22.9. The second-order valence-electron chi connectivity index (χ2n) is 7.59. The highest BCUT2D eigenvalue weighted by Gasteiger charge is 2.19. The first-order valence-electron chi connectivity index (χ1n) is 10.3. The molecule has 0 fully saturated rings. The maximum atomic E-state index is 13.2. The van der Waals surface area contributed by atoms with Crippen LogP contribution in [-0.4, -0.2) is 26.1 Å². The lowest BCUT2D eigenvalue weighted by molar-refractivity contribution is 0.102. The topological polar surface area (TPSA) is 103 Å². The van der Waals surface area contributed by atoms with E-state index in [1.54, 1.807) is 55.1 Å². The lowest BCUT2D eigenvalue weighted by atomic mass is 10.0. The van der Waals surface area contributed by atoms with E-state index in [0.717, 1.165) is 11.1 Å². The summed E-state index contributed by atoms with van der Waals surface area (Å²) in [4.78, 5) is 26.3. The number of anilines is 1. The Morgan fingerprint density at radius 3 is 2.48 bits per heavy atom. The molecule has 3 aromatic carbocycles. The van der Waals surface area contributed by atoms with Gasteiger partial charge in [-0.3, -0.25) is 9.59 Å². The van der Waals surface area contributed by atoms with E-state index >= 15 is 0 Å². The number of aromatic nitrogens is 4. The van der Waals surface area contributed by atoms with Crippen molar-refractivity contribution >= 4 is 22.6 Å². The van der Waals surface area contributed by atoms with Gasteiger partial charge in [-0.2, -0.15) is 0 Å². The molecule has 0 aliphatic rings. The van der Waals surface area contributed by atoms with Gasteiger partial charge in [0.15, 0.2) is 16.8 Å². The van der Waals surface area contributed by atoms with Crippen LogP contribution < -0.4 is 10.7 Å². The first-order valence-corrected chi connectivity index (χ1v) is 10.3. The number of amides is 1. The molecule has 1 amide bonds. The van der Waals surface area contributed by atoms with Gasteiger partial charge in [0.25, 0.3) is 5.91 Å². The minimum atomic E-state index is -0.389. The minimum Gasteiger partial charge on any atom is -0.455 e. The predicted molar refractivity (Wildman–Crippen MR) is 125 cm³/mol. The smallest absolute Gasteiger partial charge is 0.259 e. The van der Waals surface area contributed by atoms with Gasteiger partial charge >= 0.3 is 0 Å². The number of para-hydroxylation sites is 1. The minimum absolute atomic E-state index is 0.165. The van der Waals surface area contributed by atoms with Crippen LogP contribution in [0.1, 0.15) is 15.9 Å². The Morgan fingerprint density at radius 2 is 1.73 bits per heavy atom. The molecule has 0 bridgehead atoms. The van der Waals surface area contributed by atoms with E-state index in [4.69, 9.17) is 4.42 Å². The molecule has 5 aromatic rings. The fourth-order valence-corrected chi connectivity index (χ4v) is 3.76. The van der Waals surface area contributed by atoms with Crippen LogP contribution in [0.4, 0.5) is 5.69 Å². The summed E-state index contributed by atoms with van der Waals surface area (Å²) < 4.78 is 7.71. The van der Waals surface area contributed by atoms with Gasteiger partial charge in [-0.25, -0.2) is 4.68 Å². The highest BCUT2D eigenvalue weighted by molar-refractivity contribution is 6.11. The number of hydrogen-bond donors (Lipinski definition) is 1. The molecule has 0 aliphatic heterocycles. The predicted octanol–water partition coefficient (Wildman–Crippen LogP) is 4.21. The second-order valence-corrected chi connectivity index (χ2v) is 7.59. The maximum Gasteiger partial charge on any atom is 0.259 e. The number of rotatable bonds is 4. The van der Waals surface area contributed by atoms with Crippen LogP contribution in [0, 0.1) is 6.92 Å². The molecule has 33 heavy (non-hydrogen) atoms. The van der Waals surface area contributed by atoms with Gasteiger partial charge < -0.3 is 9.73 Å². The molecule has 0 radical (unpaired) electrons. The quantitative estimate of drug-likeness (QED) is 0.452. The monoisotopic (exact) mass is 437 g/mol. The van der Waals surface area contributed by atoms with Crippen molar-refractivity contribution < 1.29 is 9.21 Å². The molecule has 1 N–H and O–H groups in total. The van der Waals surface area contributed by atoms with Gasteiger partial charge in [0.1, 0.15) is 5.76 Å². The van der Waals surface area contributed by atoms with Gasteiger partial charge in [-0.15, -0.1) is 5.10 Å². The van der Waals surface area contributed by atoms with Crippen molar-refractivity contribution in [1.82, 2.24) is 20.2 Å². The standard InChI is InChI=1S/C25H19N5O3/c1-15-21(31)19-12-7-13-20(23(19)33-22(15)16-8-4-3-5-9-16)25(32)26-18-11-6-10-17(14-18)24-27-28-29-30(24)2/h3-14H,1-2H3,(H,26,32). The van der Waals surface area contributed by atoms with Crippen molar-refractivity contribution in [3.63, 3.8) is 0 Å². The Labute approximate surface area is 188 Å². The summed E-state index contributed by atoms with van der Waals surface area (Å²) in [5, 5.41) is 14.7. The molecule has 162 valence electrons. The fraction of sp³-hybridized carbons (Fsp3) is 0.0800. The summed E-state index contributed by atoms with van der Waals surface area (Å²) in [6, 6.07) is 21.6. The van der Waals surface area contributed by atoms with Crippen LogP contribution >= 0.6 is 0 Å². The number of benzene rings is 3. The number of carbonyl (C=O) groups excluding carboxylic acids is 1. The number of fused-ring (bicyclic) bond motifs is 1. The number of nitrogens with one attached hydrogen (secondary N) is 1. The van der Waals surface area contributed by atoms with E-state index in [1.165, 1.54) is 0 Å². The summed E-state index contributed by atoms with van der Waals surface area (Å²) in [7, 11) is 1.74. The number of nitrogens with zero attached hydrogens (tertiary/aromatic N) is 4. The molecule has 0 unspecified atom stereocenters. The molecule has 0 aliphatic carbocycles. The van der Waals surface area contributed by atoms with Crippen molar-refractivity contribution in [2.75, 3.05) is 5.32 Å². The van der Waals surface area contributed by atoms with Crippen LogP contribution in [-0.2, 0) is 7.05 Å². The van der Waals surface area contributed by atoms with Gasteiger partial charge in [0.2, 0.25) is 0 Å². The SMILES string of the molecule is Cc1c(-c2ccccc2)oc2c(C(=O)Nc3cccc(-c4nnnn4C)c3)cccc2c1=O. The third-order valence-corrected chi connectivity index (χ3v) is 5.42. The average Bonchev–Trinajstić information content (AvgIpc) is 3.27. The van der Waals surface area contributed by atoms with Crippen molar-refractivity contribution in [2.24, 2.45) is 7.05 Å². The first-order chi connectivity index (χ1) is 16.0. The number of tetrazole rings is 1. The summed E-state index contributed by atoms with van der Waals surface area (Å²) >= 11 is 0. The summed E-state index contributed by atoms with van der Waals surface area (Å²) in [6.07, 6.45) is 0. The Kier molecular flexibility index (Phi) is 5.02. The largest absolute Gasteiger partial charge is 0.455 e. The molecule has 2 aromatic heterocycles. The van der Waals surface area contributed by atoms with Gasteiger partial charge in [0.05, 0.1) is 10.9 Å². The van der Waals surface area contributed by atoms with Crippen LogP contribution in [0.15, 0.2) is 82.0 Å². The third-order valence-electron chi connectivity index (χ3n) is 5.42. The molecule has 8 heteroatoms. The van der Waals surface area contributed by atoms with Crippen LogP contribution in [0.5, 0.6) is 0 Å². The highest BCUT2D eigenvalue weighted by Crippen LogP contribution is 2.28. The van der Waals surface area contributed by atoms with Crippen molar-refractivity contribution in [2.45, 2.75) is 6.92 Å². The van der Waals surface area contributed by atoms with Gasteiger partial charge in [-0.1, -0.05) is 48.5 Å². The van der Waals surface area contributed by atoms with Crippen LogP contribution in [0.25, 0.3) is 33.7 Å². The molecule has 8 nitrogen and oxygen atoms in total. The van der Waals surface area contributed by atoms with E-state index in [2.05, 4.69) is 20.8 Å². The first kappa shape index (κ1) is 20.3. The zero-order valence-electron chi connectivity index (χ0n) is 17.9. The van der Waals surface area contributed by atoms with Gasteiger partial charge in [-0.05, 0) is 41.6 Å². The molecule has 5 rings (SSSR count). The van der Waals surface area contributed by atoms with Crippen LogP contribution in [0.3, 0.4) is 0 Å². The Morgan fingerprint density at radius 1 is 0.970 bits per heavy atom. The normalized spacial score (nSPS) is 11.0. The third kappa shape index (κ3) is 3.67. The number of carbonyl (C=O) groups is 1. The molecule has 0 atom stereocenters. The molecule has 0 saturated heterocycles. The van der Waals surface area contributed by atoms with Gasteiger partial charge in [0, 0.05) is 29.4 Å². The van der Waals surface area contributed by atoms with E-state index in [0.29, 0.717) is 28.2 Å². The zero-order valence-corrected chi connectivity index (χ0v) is 17.9. The molecular formula is C25H19N5O3. The summed E-state index contributed by atoms with van der Waals surface area (Å²) in [5.74, 6) is 0.634. The van der Waals surface area contributed by atoms with E-state index < -0.39 is 0 Å². The maximum absolute atomic E-state index is 13.2. The fourth-order valence-electron chi connectivity index (χ4n) is 3.76. The second kappa shape index (κ2) is 8.16. The lowest BCUT2D eigenvalue weighted by Gasteiger charge is -2.11. The molecular weight excluding hydrogens is 418 g/mol. The number of aryl methyl sites for hydroxylation is 1. The Balaban J connectivity index is 1.57. The molecule has 0 spiro atoms. The lowest BCUT2D eigenvalue weighted by Crippen LogP contribution is -2.15. The summed E-state index contributed by atoms with van der Waals surface area (Å²) in [6.45, 7) is 1.73. The Bertz CT molecular complexity index is 1550. The van der Waals surface area contributed by atoms with Crippen LogP contribution in [0.2, 0.25) is 0 Å².